The average molecular weight is 599 g/mol. The lowest BCUT2D eigenvalue weighted by Gasteiger charge is -2.29. The van der Waals surface area contributed by atoms with Crippen molar-refractivity contribution >= 4 is 40.6 Å². The number of rotatable bonds is 10. The number of aliphatic carboxylic acids is 1. The van der Waals surface area contributed by atoms with Gasteiger partial charge in [-0.1, -0.05) is 12.1 Å². The third kappa shape index (κ3) is 6.35. The third-order valence-electron chi connectivity index (χ3n) is 6.49. The second-order valence-electron chi connectivity index (χ2n) is 9.69. The van der Waals surface area contributed by atoms with Crippen LogP contribution < -0.4 is 14.5 Å². The number of thiocarbonyl (C=S) groups is 1. The van der Waals surface area contributed by atoms with Crippen molar-refractivity contribution in [2.45, 2.75) is 32.0 Å². The van der Waals surface area contributed by atoms with Crippen molar-refractivity contribution in [2.75, 3.05) is 29.6 Å². The lowest BCUT2D eigenvalue weighted by atomic mass is 10.0. The number of amides is 1. The second-order valence-corrected chi connectivity index (χ2v) is 10.1. The van der Waals surface area contributed by atoms with Crippen LogP contribution in [-0.4, -0.2) is 52.4 Å². The molecular weight excluding hydrogens is 573 g/mol. The fourth-order valence-electron chi connectivity index (χ4n) is 4.37. The quantitative estimate of drug-likeness (QED) is 0.241. The molecule has 3 aromatic rings. The highest BCUT2D eigenvalue weighted by atomic mass is 32.1. The number of benzene rings is 2. The molecule has 0 atom stereocenters. The highest BCUT2D eigenvalue weighted by Crippen LogP contribution is 2.40. The molecule has 2 aromatic carbocycles. The first-order valence-electron chi connectivity index (χ1n) is 12.6. The molecule has 1 aliphatic rings. The van der Waals surface area contributed by atoms with Crippen LogP contribution in [0.2, 0.25) is 0 Å². The molecule has 0 radical (unpaired) electrons. The van der Waals surface area contributed by atoms with Crippen LogP contribution in [0.1, 0.15) is 31.4 Å². The van der Waals surface area contributed by atoms with E-state index in [1.165, 1.54) is 12.1 Å². The molecule has 1 saturated heterocycles. The molecule has 9 nitrogen and oxygen atoms in total. The van der Waals surface area contributed by atoms with E-state index < -0.39 is 34.7 Å². The third-order valence-corrected chi connectivity index (χ3v) is 6.85. The molecule has 0 spiro atoms. The molecule has 42 heavy (non-hydrogen) atoms. The first kappa shape index (κ1) is 30.4. The topological polar surface area (TPSA) is 116 Å². The van der Waals surface area contributed by atoms with Crippen LogP contribution in [0.5, 0.6) is 5.88 Å². The molecule has 1 aromatic heterocycles. The van der Waals surface area contributed by atoms with Crippen LogP contribution in [0.15, 0.2) is 60.8 Å². The minimum atomic E-state index is -4.78. The van der Waals surface area contributed by atoms with Crippen molar-refractivity contribution < 1.29 is 37.3 Å². The summed E-state index contributed by atoms with van der Waals surface area (Å²) in [4.78, 5) is 30.8. The molecule has 0 aliphatic carbocycles. The molecule has 4 rings (SSSR count). The molecule has 0 bridgehead atoms. The number of halogens is 3. The Bertz CT molecular complexity index is 1540. The number of anilines is 2. The van der Waals surface area contributed by atoms with Gasteiger partial charge in [-0.2, -0.15) is 18.4 Å². The van der Waals surface area contributed by atoms with Crippen molar-refractivity contribution in [1.29, 1.82) is 5.26 Å². The van der Waals surface area contributed by atoms with E-state index in [9.17, 15) is 22.8 Å². The van der Waals surface area contributed by atoms with E-state index in [2.05, 4.69) is 4.98 Å². The van der Waals surface area contributed by atoms with Crippen LogP contribution in [0, 0.1) is 11.3 Å². The summed E-state index contributed by atoms with van der Waals surface area (Å²) in [5, 5.41) is 17.7. The number of carboxylic acid groups (broad SMARTS) is 1. The normalized spacial score (nSPS) is 14.7. The number of nitriles is 1. The molecule has 0 unspecified atom stereocenters. The van der Waals surface area contributed by atoms with Gasteiger partial charge in [-0.25, -0.2) is 4.98 Å². The Labute approximate surface area is 244 Å². The first-order chi connectivity index (χ1) is 19.8. The Morgan fingerprint density at radius 2 is 1.71 bits per heavy atom. The Hall–Kier alpha value is -4.54. The fraction of sp³-hybridized carbons (Fsp3) is 0.276. The summed E-state index contributed by atoms with van der Waals surface area (Å²) in [6, 6.07) is 15.2. The van der Waals surface area contributed by atoms with Gasteiger partial charge in [0.2, 0.25) is 5.88 Å². The average Bonchev–Trinajstić information content (AvgIpc) is 3.13. The smallest absolute Gasteiger partial charge is 0.417 e. The van der Waals surface area contributed by atoms with Crippen molar-refractivity contribution in [2.24, 2.45) is 0 Å². The van der Waals surface area contributed by atoms with Crippen molar-refractivity contribution in [3.63, 3.8) is 0 Å². The predicted octanol–water partition coefficient (Wildman–Crippen LogP) is 5.43. The van der Waals surface area contributed by atoms with Crippen LogP contribution in [0.3, 0.4) is 0 Å². The van der Waals surface area contributed by atoms with Gasteiger partial charge in [-0.3, -0.25) is 14.5 Å². The maximum Gasteiger partial charge on any atom is 0.417 e. The maximum atomic E-state index is 13.6. The zero-order chi connectivity index (χ0) is 30.7. The monoisotopic (exact) mass is 598 g/mol. The molecule has 1 amide bonds. The van der Waals surface area contributed by atoms with Gasteiger partial charge in [0.05, 0.1) is 42.5 Å². The Balaban J connectivity index is 1.49. The Kier molecular flexibility index (Phi) is 8.79. The van der Waals surface area contributed by atoms with Gasteiger partial charge >= 0.3 is 12.1 Å². The first-order valence-corrected chi connectivity index (χ1v) is 13.0. The maximum absolute atomic E-state index is 13.6. The van der Waals surface area contributed by atoms with E-state index >= 15 is 0 Å². The molecule has 0 saturated carbocycles. The Morgan fingerprint density at radius 3 is 2.31 bits per heavy atom. The number of carbonyl (C=O) groups excluding carboxylic acids is 1. The molecule has 13 heteroatoms. The van der Waals surface area contributed by atoms with Crippen LogP contribution >= 0.6 is 12.2 Å². The summed E-state index contributed by atoms with van der Waals surface area (Å²) in [6.45, 7) is 3.79. The van der Waals surface area contributed by atoms with Gasteiger partial charge in [0.1, 0.15) is 12.1 Å². The predicted molar refractivity (Wildman–Crippen MR) is 151 cm³/mol. The molecule has 1 fully saturated rings. The number of hydrogen-bond acceptors (Lipinski definition) is 7. The number of carboxylic acids is 1. The fourth-order valence-corrected chi connectivity index (χ4v) is 4.89. The lowest BCUT2D eigenvalue weighted by Crippen LogP contribution is -2.44. The van der Waals surface area contributed by atoms with Crippen molar-refractivity contribution in [3.05, 3.63) is 71.9 Å². The number of nitrogens with zero attached hydrogens (tertiary/aromatic N) is 4. The van der Waals surface area contributed by atoms with E-state index in [4.69, 9.17) is 32.1 Å². The SMILES string of the molecule is CC1(C)C(=O)N(c2ccc(C#N)c(C(F)(F)F)c2)C(=S)N1c1ccc(-c2ccc(OCCOCCC(=O)O)nc2)cc1. The van der Waals surface area contributed by atoms with Gasteiger partial charge in [0, 0.05) is 23.5 Å². The minimum Gasteiger partial charge on any atom is -0.481 e. The zero-order valence-electron chi connectivity index (χ0n) is 22.5. The van der Waals surface area contributed by atoms with Crippen LogP contribution in [-0.2, 0) is 20.5 Å². The van der Waals surface area contributed by atoms with E-state index in [0.29, 0.717) is 11.6 Å². The molecule has 1 N–H and O–H groups in total. The van der Waals surface area contributed by atoms with Gasteiger partial charge in [0.15, 0.2) is 5.11 Å². The number of aromatic nitrogens is 1. The lowest BCUT2D eigenvalue weighted by molar-refractivity contribution is -0.139. The largest absolute Gasteiger partial charge is 0.481 e. The van der Waals surface area contributed by atoms with Crippen molar-refractivity contribution in [3.8, 4) is 23.1 Å². The molecular formula is C29H25F3N4O5S. The highest BCUT2D eigenvalue weighted by molar-refractivity contribution is 7.81. The van der Waals surface area contributed by atoms with Crippen molar-refractivity contribution in [1.82, 2.24) is 4.98 Å². The minimum absolute atomic E-state index is 0.00527. The molecule has 218 valence electrons. The van der Waals surface area contributed by atoms with Crippen LogP contribution in [0.4, 0.5) is 24.5 Å². The zero-order valence-corrected chi connectivity index (χ0v) is 23.3. The second kappa shape index (κ2) is 12.1. The summed E-state index contributed by atoms with van der Waals surface area (Å²) < 4.78 is 51.4. The van der Waals surface area contributed by atoms with Gasteiger partial charge in [0.25, 0.3) is 5.91 Å². The van der Waals surface area contributed by atoms with Gasteiger partial charge < -0.3 is 19.5 Å². The summed E-state index contributed by atoms with van der Waals surface area (Å²) in [7, 11) is 0. The van der Waals surface area contributed by atoms with Gasteiger partial charge in [-0.05, 0) is 68.0 Å². The standard InChI is InChI=1S/C29H25F3N4O5S/c1-28(2)26(39)35(22-9-5-19(16-33)23(15-22)29(30,31)32)27(42)36(28)21-7-3-18(4-8-21)20-6-10-24(34-17-20)41-14-13-40-12-11-25(37)38/h3-10,15,17H,11-14H2,1-2H3,(H,37,38). The van der Waals surface area contributed by atoms with E-state index in [-0.39, 0.29) is 37.0 Å². The van der Waals surface area contributed by atoms with Gasteiger partial charge in [-0.15, -0.1) is 0 Å². The van der Waals surface area contributed by atoms with E-state index in [1.807, 2.05) is 0 Å². The van der Waals surface area contributed by atoms with E-state index in [1.54, 1.807) is 61.3 Å². The summed E-state index contributed by atoms with van der Waals surface area (Å²) in [6.07, 6.45) is -3.25. The number of carbonyl (C=O) groups is 2. The summed E-state index contributed by atoms with van der Waals surface area (Å²) in [5.74, 6) is -1.08. The number of hydrogen-bond donors (Lipinski definition) is 1. The molecule has 2 heterocycles. The summed E-state index contributed by atoms with van der Waals surface area (Å²) >= 11 is 5.59. The summed E-state index contributed by atoms with van der Waals surface area (Å²) in [5.41, 5.74) is -0.830. The number of ether oxygens (including phenoxy) is 2. The highest BCUT2D eigenvalue weighted by Gasteiger charge is 2.50. The van der Waals surface area contributed by atoms with E-state index in [0.717, 1.165) is 28.2 Å². The Morgan fingerprint density at radius 1 is 1.05 bits per heavy atom. The van der Waals surface area contributed by atoms with Crippen LogP contribution in [0.25, 0.3) is 11.1 Å². The number of alkyl halides is 3. The molecule has 1 aliphatic heterocycles. The number of pyridine rings is 1.